The van der Waals surface area contributed by atoms with Crippen molar-refractivity contribution in [3.63, 3.8) is 0 Å². The van der Waals surface area contributed by atoms with E-state index in [1.54, 1.807) is 6.92 Å². The Balaban J connectivity index is 1.97. The number of carbonyl (C=O) groups excluding carboxylic acids is 1. The molecule has 0 saturated carbocycles. The van der Waals surface area contributed by atoms with Gasteiger partial charge in [0.2, 0.25) is 0 Å². The quantitative estimate of drug-likeness (QED) is 0.390. The standard InChI is InChI=1S/C21H18Cl3N3O5S/c1-12-6-20(18(24)9-17(12)23)33(30,31)27-14-2-3-19(16(8-14)21(29)26-4-5-28)32-15-7-13(22)10-25-11-15/h2-3,6-11,27-28H,4-5H2,1H3,(H,26,29). The van der Waals surface area contributed by atoms with E-state index in [-0.39, 0.29) is 45.8 Å². The van der Waals surface area contributed by atoms with Gasteiger partial charge in [-0.25, -0.2) is 8.42 Å². The van der Waals surface area contributed by atoms with Gasteiger partial charge in [-0.3, -0.25) is 14.5 Å². The van der Waals surface area contributed by atoms with Gasteiger partial charge in [0.25, 0.3) is 15.9 Å². The second kappa shape index (κ2) is 10.6. The lowest BCUT2D eigenvalue weighted by atomic mass is 10.1. The minimum atomic E-state index is -4.10. The van der Waals surface area contributed by atoms with Crippen molar-refractivity contribution in [2.45, 2.75) is 11.8 Å². The number of amides is 1. The first-order valence-electron chi connectivity index (χ1n) is 9.40. The molecule has 2 aromatic carbocycles. The molecule has 33 heavy (non-hydrogen) atoms. The summed E-state index contributed by atoms with van der Waals surface area (Å²) in [5.41, 5.74) is 0.635. The second-order valence-corrected chi connectivity index (χ2v) is 9.67. The number of ether oxygens (including phenoxy) is 1. The summed E-state index contributed by atoms with van der Waals surface area (Å²) in [7, 11) is -4.10. The van der Waals surface area contributed by atoms with E-state index >= 15 is 0 Å². The zero-order chi connectivity index (χ0) is 24.2. The molecule has 12 heteroatoms. The molecule has 3 aromatic rings. The number of carbonyl (C=O) groups is 1. The number of hydrogen-bond donors (Lipinski definition) is 3. The number of rotatable bonds is 8. The van der Waals surface area contributed by atoms with Crippen molar-refractivity contribution in [2.24, 2.45) is 0 Å². The van der Waals surface area contributed by atoms with Crippen LogP contribution < -0.4 is 14.8 Å². The molecule has 1 amide bonds. The summed E-state index contributed by atoms with van der Waals surface area (Å²) < 4.78 is 34.0. The van der Waals surface area contributed by atoms with E-state index in [4.69, 9.17) is 44.6 Å². The molecule has 8 nitrogen and oxygen atoms in total. The first-order chi connectivity index (χ1) is 15.6. The molecule has 0 radical (unpaired) electrons. The summed E-state index contributed by atoms with van der Waals surface area (Å²) in [4.78, 5) is 16.4. The Morgan fingerprint density at radius 2 is 1.85 bits per heavy atom. The lowest BCUT2D eigenvalue weighted by Crippen LogP contribution is -2.27. The number of aliphatic hydroxyl groups excluding tert-OH is 1. The summed E-state index contributed by atoms with van der Waals surface area (Å²) in [6.45, 7) is 1.37. The zero-order valence-electron chi connectivity index (χ0n) is 17.1. The highest BCUT2D eigenvalue weighted by molar-refractivity contribution is 7.92. The van der Waals surface area contributed by atoms with Gasteiger partial charge < -0.3 is 15.2 Å². The number of benzene rings is 2. The number of nitrogens with zero attached hydrogens (tertiary/aromatic N) is 1. The van der Waals surface area contributed by atoms with Crippen molar-refractivity contribution in [2.75, 3.05) is 17.9 Å². The van der Waals surface area contributed by atoms with Gasteiger partial charge in [0, 0.05) is 29.5 Å². The van der Waals surface area contributed by atoms with Crippen LogP contribution in [0.2, 0.25) is 15.1 Å². The van der Waals surface area contributed by atoms with Crippen molar-refractivity contribution >= 4 is 56.4 Å². The summed E-state index contributed by atoms with van der Waals surface area (Å²) in [6, 6.07) is 8.34. The molecular formula is C21H18Cl3N3O5S. The summed E-state index contributed by atoms with van der Waals surface area (Å²) in [5.74, 6) is -0.191. The van der Waals surface area contributed by atoms with Gasteiger partial charge in [0.15, 0.2) is 0 Å². The average Bonchev–Trinajstić information content (AvgIpc) is 2.75. The van der Waals surface area contributed by atoms with Crippen LogP contribution in [0.15, 0.2) is 53.7 Å². The Morgan fingerprint density at radius 3 is 2.55 bits per heavy atom. The number of sulfonamides is 1. The molecule has 0 aliphatic carbocycles. The molecule has 174 valence electrons. The third kappa shape index (κ3) is 6.27. The number of nitrogens with one attached hydrogen (secondary N) is 2. The fourth-order valence-corrected chi connectivity index (χ4v) is 4.79. The third-order valence-corrected chi connectivity index (χ3v) is 6.74. The monoisotopic (exact) mass is 529 g/mol. The maximum Gasteiger partial charge on any atom is 0.263 e. The number of aromatic nitrogens is 1. The lowest BCUT2D eigenvalue weighted by molar-refractivity contribution is 0.0942. The Labute approximate surface area is 205 Å². The van der Waals surface area contributed by atoms with Crippen LogP contribution in [-0.4, -0.2) is 37.6 Å². The number of hydrogen-bond acceptors (Lipinski definition) is 6. The molecule has 1 heterocycles. The van der Waals surface area contributed by atoms with Gasteiger partial charge >= 0.3 is 0 Å². The van der Waals surface area contributed by atoms with Crippen LogP contribution in [0.1, 0.15) is 15.9 Å². The van der Waals surface area contributed by atoms with Crippen LogP contribution in [0, 0.1) is 6.92 Å². The van der Waals surface area contributed by atoms with Gasteiger partial charge in [0.1, 0.15) is 16.4 Å². The summed E-state index contributed by atoms with van der Waals surface area (Å²) in [6.07, 6.45) is 2.83. The fourth-order valence-electron chi connectivity index (χ4n) is 2.75. The first kappa shape index (κ1) is 25.1. The smallest absolute Gasteiger partial charge is 0.263 e. The maximum absolute atomic E-state index is 12.9. The highest BCUT2D eigenvalue weighted by Gasteiger charge is 2.22. The first-order valence-corrected chi connectivity index (χ1v) is 12.0. The molecule has 0 bridgehead atoms. The predicted molar refractivity (Wildman–Crippen MR) is 127 cm³/mol. The largest absolute Gasteiger partial charge is 0.455 e. The molecule has 0 fully saturated rings. The van der Waals surface area contributed by atoms with Gasteiger partial charge in [-0.15, -0.1) is 0 Å². The zero-order valence-corrected chi connectivity index (χ0v) is 20.2. The van der Waals surface area contributed by atoms with E-state index in [1.165, 1.54) is 48.8 Å². The average molecular weight is 531 g/mol. The number of pyridine rings is 1. The normalized spacial score (nSPS) is 11.2. The Hall–Kier alpha value is -2.56. The SMILES string of the molecule is Cc1cc(S(=O)(=O)Nc2ccc(Oc3cncc(Cl)c3)c(C(=O)NCCO)c2)c(Cl)cc1Cl. The van der Waals surface area contributed by atoms with Crippen LogP contribution >= 0.6 is 34.8 Å². The fraction of sp³-hybridized carbons (Fsp3) is 0.143. The topological polar surface area (TPSA) is 118 Å². The van der Waals surface area contributed by atoms with Crippen molar-refractivity contribution < 1.29 is 23.1 Å². The number of halogens is 3. The minimum absolute atomic E-state index is 0.00733. The molecule has 0 unspecified atom stereocenters. The van der Waals surface area contributed by atoms with Crippen LogP contribution in [0.4, 0.5) is 5.69 Å². The Bertz CT molecular complexity index is 1300. The summed E-state index contributed by atoms with van der Waals surface area (Å²) >= 11 is 18.0. The van der Waals surface area contributed by atoms with E-state index < -0.39 is 15.9 Å². The van der Waals surface area contributed by atoms with Crippen LogP contribution in [-0.2, 0) is 10.0 Å². The van der Waals surface area contributed by atoms with Gasteiger partial charge in [-0.2, -0.15) is 0 Å². The van der Waals surface area contributed by atoms with E-state index in [0.29, 0.717) is 15.6 Å². The van der Waals surface area contributed by atoms with Crippen molar-refractivity contribution in [3.05, 3.63) is 75.0 Å². The maximum atomic E-state index is 12.9. The van der Waals surface area contributed by atoms with Crippen molar-refractivity contribution in [1.29, 1.82) is 0 Å². The van der Waals surface area contributed by atoms with Gasteiger partial charge in [0.05, 0.1) is 28.4 Å². The van der Waals surface area contributed by atoms with Crippen LogP contribution in [0.3, 0.4) is 0 Å². The van der Waals surface area contributed by atoms with Crippen molar-refractivity contribution in [3.8, 4) is 11.5 Å². The molecule has 3 N–H and O–H groups in total. The molecule has 3 rings (SSSR count). The van der Waals surface area contributed by atoms with Crippen molar-refractivity contribution in [1.82, 2.24) is 10.3 Å². The number of aliphatic hydroxyl groups is 1. The summed E-state index contributed by atoms with van der Waals surface area (Å²) in [5, 5.41) is 12.1. The molecule has 0 spiro atoms. The predicted octanol–water partition coefficient (Wildman–Crippen LogP) is 4.67. The Kier molecular flexibility index (Phi) is 8.04. The number of anilines is 1. The molecule has 1 aromatic heterocycles. The molecule has 0 atom stereocenters. The Morgan fingerprint density at radius 1 is 1.09 bits per heavy atom. The number of aryl methyl sites for hydroxylation is 1. The highest BCUT2D eigenvalue weighted by Crippen LogP contribution is 2.32. The second-order valence-electron chi connectivity index (χ2n) is 6.77. The van der Waals surface area contributed by atoms with Gasteiger partial charge in [-0.1, -0.05) is 34.8 Å². The lowest BCUT2D eigenvalue weighted by Gasteiger charge is -2.15. The minimum Gasteiger partial charge on any atom is -0.455 e. The molecule has 0 aliphatic rings. The highest BCUT2D eigenvalue weighted by atomic mass is 35.5. The van der Waals surface area contributed by atoms with Crippen LogP contribution in [0.25, 0.3) is 0 Å². The van der Waals surface area contributed by atoms with Gasteiger partial charge in [-0.05, 0) is 42.8 Å². The van der Waals surface area contributed by atoms with Crippen LogP contribution in [0.5, 0.6) is 11.5 Å². The molecule has 0 aliphatic heterocycles. The van der Waals surface area contributed by atoms with E-state index in [1.807, 2.05) is 0 Å². The molecule has 0 saturated heterocycles. The van der Waals surface area contributed by atoms with E-state index in [9.17, 15) is 13.2 Å². The molecular weight excluding hydrogens is 513 g/mol. The van der Waals surface area contributed by atoms with E-state index in [2.05, 4.69) is 15.0 Å². The third-order valence-electron chi connectivity index (χ3n) is 4.28. The van der Waals surface area contributed by atoms with E-state index in [0.717, 1.165) is 0 Å².